The second kappa shape index (κ2) is 8.28. The molecule has 0 aliphatic rings. The van der Waals surface area contributed by atoms with E-state index >= 15 is 0 Å². The average molecular weight is 220 g/mol. The van der Waals surface area contributed by atoms with Gasteiger partial charge in [-0.25, -0.2) is 0 Å². The van der Waals surface area contributed by atoms with Crippen molar-refractivity contribution in [1.29, 1.82) is 0 Å². The summed E-state index contributed by atoms with van der Waals surface area (Å²) in [6.45, 7) is 6.56. The summed E-state index contributed by atoms with van der Waals surface area (Å²) in [5, 5.41) is 3.47. The van der Waals surface area contributed by atoms with Crippen molar-refractivity contribution in [2.75, 3.05) is 6.54 Å². The lowest BCUT2D eigenvalue weighted by molar-refractivity contribution is 0.456. The van der Waals surface area contributed by atoms with Crippen LogP contribution in [-0.2, 0) is 6.54 Å². The Bertz CT molecular complexity index is 259. The Balaban J connectivity index is 2.06. The predicted molar refractivity (Wildman–Crippen MR) is 69.2 cm³/mol. The van der Waals surface area contributed by atoms with Crippen molar-refractivity contribution in [2.45, 2.75) is 46.1 Å². The third-order valence-electron chi connectivity index (χ3n) is 2.83. The van der Waals surface area contributed by atoms with Crippen molar-refractivity contribution in [3.8, 4) is 0 Å². The van der Waals surface area contributed by atoms with Crippen LogP contribution >= 0.6 is 0 Å². The zero-order valence-electron chi connectivity index (χ0n) is 10.6. The van der Waals surface area contributed by atoms with E-state index in [0.717, 1.165) is 24.7 Å². The molecule has 1 aromatic heterocycles. The van der Waals surface area contributed by atoms with Gasteiger partial charge in [-0.15, -0.1) is 0 Å². The van der Waals surface area contributed by atoms with Crippen LogP contribution in [0.25, 0.3) is 0 Å². The Kier molecular flexibility index (Phi) is 6.82. The molecular weight excluding hydrogens is 196 g/mol. The second-order valence-corrected chi connectivity index (χ2v) is 4.55. The van der Waals surface area contributed by atoms with Gasteiger partial charge in [0.15, 0.2) is 0 Å². The first-order valence-corrected chi connectivity index (χ1v) is 6.43. The molecule has 0 saturated carbocycles. The smallest absolute Gasteiger partial charge is 0.0541 e. The van der Waals surface area contributed by atoms with Gasteiger partial charge in [0.2, 0.25) is 0 Å². The molecule has 0 aliphatic heterocycles. The SMILES string of the molecule is CCCCCC(C)CNCc1ccccn1. The van der Waals surface area contributed by atoms with Crippen molar-refractivity contribution in [2.24, 2.45) is 5.92 Å². The van der Waals surface area contributed by atoms with Crippen LogP contribution in [0.15, 0.2) is 24.4 Å². The lowest BCUT2D eigenvalue weighted by Crippen LogP contribution is -2.21. The average Bonchev–Trinajstić information content (AvgIpc) is 2.31. The number of hydrogen-bond acceptors (Lipinski definition) is 2. The van der Waals surface area contributed by atoms with E-state index in [-0.39, 0.29) is 0 Å². The quantitative estimate of drug-likeness (QED) is 0.679. The van der Waals surface area contributed by atoms with E-state index in [1.165, 1.54) is 25.7 Å². The molecule has 0 aliphatic carbocycles. The van der Waals surface area contributed by atoms with E-state index in [2.05, 4.69) is 30.2 Å². The number of aromatic nitrogens is 1. The van der Waals surface area contributed by atoms with Crippen LogP contribution in [-0.4, -0.2) is 11.5 Å². The third kappa shape index (κ3) is 5.86. The maximum absolute atomic E-state index is 4.29. The lowest BCUT2D eigenvalue weighted by Gasteiger charge is -2.11. The molecule has 0 saturated heterocycles. The van der Waals surface area contributed by atoms with Crippen molar-refractivity contribution in [3.63, 3.8) is 0 Å². The van der Waals surface area contributed by atoms with Crippen molar-refractivity contribution >= 4 is 0 Å². The number of hydrogen-bond donors (Lipinski definition) is 1. The number of unbranched alkanes of at least 4 members (excludes halogenated alkanes) is 2. The van der Waals surface area contributed by atoms with Gasteiger partial charge in [0.1, 0.15) is 0 Å². The molecule has 90 valence electrons. The van der Waals surface area contributed by atoms with Crippen molar-refractivity contribution in [1.82, 2.24) is 10.3 Å². The van der Waals surface area contributed by atoms with Gasteiger partial charge in [-0.2, -0.15) is 0 Å². The van der Waals surface area contributed by atoms with Crippen LogP contribution in [0.4, 0.5) is 0 Å². The zero-order chi connectivity index (χ0) is 11.6. The Morgan fingerprint density at radius 1 is 1.31 bits per heavy atom. The van der Waals surface area contributed by atoms with E-state index in [4.69, 9.17) is 0 Å². The molecule has 1 N–H and O–H groups in total. The van der Waals surface area contributed by atoms with Crippen molar-refractivity contribution in [3.05, 3.63) is 30.1 Å². The summed E-state index contributed by atoms with van der Waals surface area (Å²) >= 11 is 0. The highest BCUT2D eigenvalue weighted by Gasteiger charge is 2.01. The summed E-state index contributed by atoms with van der Waals surface area (Å²) in [5.74, 6) is 0.773. The molecule has 1 aromatic rings. The van der Waals surface area contributed by atoms with Gasteiger partial charge in [0.25, 0.3) is 0 Å². The normalized spacial score (nSPS) is 12.6. The Labute approximate surface area is 99.5 Å². The highest BCUT2D eigenvalue weighted by Crippen LogP contribution is 2.08. The monoisotopic (exact) mass is 220 g/mol. The summed E-state index contributed by atoms with van der Waals surface area (Å²) in [6.07, 6.45) is 7.23. The number of nitrogens with one attached hydrogen (secondary N) is 1. The van der Waals surface area contributed by atoms with Gasteiger partial charge in [0, 0.05) is 12.7 Å². The molecular formula is C14H24N2. The fourth-order valence-electron chi connectivity index (χ4n) is 1.79. The van der Waals surface area contributed by atoms with Crippen molar-refractivity contribution < 1.29 is 0 Å². The fraction of sp³-hybridized carbons (Fsp3) is 0.643. The second-order valence-electron chi connectivity index (χ2n) is 4.55. The highest BCUT2D eigenvalue weighted by atomic mass is 14.9. The Morgan fingerprint density at radius 3 is 2.88 bits per heavy atom. The summed E-state index contributed by atoms with van der Waals surface area (Å²) in [5.41, 5.74) is 1.13. The van der Waals surface area contributed by atoms with Crippen LogP contribution in [0, 0.1) is 5.92 Å². The standard InChI is InChI=1S/C14H24N2/c1-3-4-5-8-13(2)11-15-12-14-9-6-7-10-16-14/h6-7,9-10,13,15H,3-5,8,11-12H2,1-2H3. The Hall–Kier alpha value is -0.890. The Morgan fingerprint density at radius 2 is 2.19 bits per heavy atom. The largest absolute Gasteiger partial charge is 0.311 e. The molecule has 1 rings (SSSR count). The topological polar surface area (TPSA) is 24.9 Å². The number of rotatable bonds is 8. The van der Waals surface area contributed by atoms with E-state index in [1.807, 2.05) is 18.3 Å². The molecule has 0 amide bonds. The molecule has 0 fully saturated rings. The molecule has 2 nitrogen and oxygen atoms in total. The predicted octanol–water partition coefficient (Wildman–Crippen LogP) is 3.39. The molecule has 0 spiro atoms. The minimum absolute atomic E-state index is 0.773. The van der Waals surface area contributed by atoms with E-state index in [1.54, 1.807) is 0 Å². The van der Waals surface area contributed by atoms with E-state index in [0.29, 0.717) is 0 Å². The minimum Gasteiger partial charge on any atom is -0.311 e. The molecule has 2 heteroatoms. The van der Waals surface area contributed by atoms with Crippen LogP contribution in [0.5, 0.6) is 0 Å². The van der Waals surface area contributed by atoms with Gasteiger partial charge < -0.3 is 5.32 Å². The molecule has 1 atom stereocenters. The summed E-state index contributed by atoms with van der Waals surface area (Å²) in [4.78, 5) is 4.29. The van der Waals surface area contributed by atoms with Crippen LogP contribution in [0.1, 0.15) is 45.2 Å². The molecule has 0 bridgehead atoms. The van der Waals surface area contributed by atoms with Crippen LogP contribution < -0.4 is 5.32 Å². The number of nitrogens with zero attached hydrogens (tertiary/aromatic N) is 1. The summed E-state index contributed by atoms with van der Waals surface area (Å²) < 4.78 is 0. The highest BCUT2D eigenvalue weighted by molar-refractivity contribution is 5.02. The van der Waals surface area contributed by atoms with Crippen LogP contribution in [0.3, 0.4) is 0 Å². The first-order chi connectivity index (χ1) is 7.83. The van der Waals surface area contributed by atoms with Gasteiger partial charge >= 0.3 is 0 Å². The molecule has 1 unspecified atom stereocenters. The van der Waals surface area contributed by atoms with E-state index < -0.39 is 0 Å². The number of pyridine rings is 1. The molecule has 16 heavy (non-hydrogen) atoms. The zero-order valence-corrected chi connectivity index (χ0v) is 10.6. The third-order valence-corrected chi connectivity index (χ3v) is 2.83. The van der Waals surface area contributed by atoms with Gasteiger partial charge in [-0.1, -0.05) is 39.2 Å². The summed E-state index contributed by atoms with van der Waals surface area (Å²) in [6, 6.07) is 6.06. The minimum atomic E-state index is 0.773. The van der Waals surface area contributed by atoms with Gasteiger partial charge in [0.05, 0.1) is 5.69 Å². The molecule has 1 heterocycles. The van der Waals surface area contributed by atoms with Gasteiger partial charge in [-0.05, 0) is 31.0 Å². The summed E-state index contributed by atoms with van der Waals surface area (Å²) in [7, 11) is 0. The molecule has 0 aromatic carbocycles. The lowest BCUT2D eigenvalue weighted by atomic mass is 10.0. The van der Waals surface area contributed by atoms with E-state index in [9.17, 15) is 0 Å². The first-order valence-electron chi connectivity index (χ1n) is 6.43. The fourth-order valence-corrected chi connectivity index (χ4v) is 1.79. The maximum atomic E-state index is 4.29. The maximum Gasteiger partial charge on any atom is 0.0541 e. The first kappa shape index (κ1) is 13.2. The van der Waals surface area contributed by atoms with Gasteiger partial charge in [-0.3, -0.25) is 4.98 Å². The van der Waals surface area contributed by atoms with Crippen LogP contribution in [0.2, 0.25) is 0 Å². The molecule has 0 radical (unpaired) electrons.